The number of nitrogens with zero attached hydrogens (tertiary/aromatic N) is 3. The van der Waals surface area contributed by atoms with E-state index in [0.29, 0.717) is 29.4 Å². The van der Waals surface area contributed by atoms with Crippen LogP contribution < -0.4 is 21.3 Å². The number of likely N-dealkylation sites (N-methyl/N-ethyl adjacent to an activating group) is 1. The van der Waals surface area contributed by atoms with E-state index in [1.807, 2.05) is 37.3 Å². The summed E-state index contributed by atoms with van der Waals surface area (Å²) in [4.78, 5) is 54.2. The highest BCUT2D eigenvalue weighted by Gasteiger charge is 2.19. The zero-order chi connectivity index (χ0) is 28.1. The molecule has 0 fully saturated rings. The summed E-state index contributed by atoms with van der Waals surface area (Å²) in [6.45, 7) is 1.39. The molecule has 202 valence electrons. The van der Waals surface area contributed by atoms with E-state index in [2.05, 4.69) is 5.32 Å². The van der Waals surface area contributed by atoms with E-state index >= 15 is 0 Å². The largest absolute Gasteiger partial charge is 0.495 e. The Morgan fingerprint density at radius 1 is 0.974 bits per heavy atom. The fourth-order valence-electron chi connectivity index (χ4n) is 4.24. The summed E-state index contributed by atoms with van der Waals surface area (Å²) in [7, 11) is 3.10. The van der Waals surface area contributed by atoms with Crippen molar-refractivity contribution < 1.29 is 14.3 Å². The Hall–Kier alpha value is -4.37. The van der Waals surface area contributed by atoms with E-state index in [0.717, 1.165) is 15.7 Å². The van der Waals surface area contributed by atoms with Crippen molar-refractivity contribution >= 4 is 40.0 Å². The van der Waals surface area contributed by atoms with Crippen LogP contribution in [0.25, 0.3) is 10.9 Å². The van der Waals surface area contributed by atoms with Gasteiger partial charge in [-0.3, -0.25) is 23.5 Å². The number of methoxy groups -OCH3 is 1. The molecule has 1 heterocycles. The van der Waals surface area contributed by atoms with Crippen molar-refractivity contribution in [2.75, 3.05) is 26.0 Å². The van der Waals surface area contributed by atoms with E-state index < -0.39 is 36.2 Å². The van der Waals surface area contributed by atoms with Crippen molar-refractivity contribution in [2.45, 2.75) is 26.4 Å². The van der Waals surface area contributed by atoms with Gasteiger partial charge < -0.3 is 15.0 Å². The minimum atomic E-state index is -0.757. The Kier molecular flexibility index (Phi) is 8.51. The molecule has 3 aromatic carbocycles. The number of nitrogens with one attached hydrogen (secondary N) is 1. The summed E-state index contributed by atoms with van der Waals surface area (Å²) in [6.07, 6.45) is 0.632. The van der Waals surface area contributed by atoms with Crippen molar-refractivity contribution in [3.63, 3.8) is 0 Å². The van der Waals surface area contributed by atoms with Crippen molar-refractivity contribution in [3.8, 4) is 5.75 Å². The highest BCUT2D eigenvalue weighted by atomic mass is 35.5. The predicted octanol–water partition coefficient (Wildman–Crippen LogP) is 3.47. The molecular formula is C29H29ClN4O5. The van der Waals surface area contributed by atoms with Crippen LogP contribution in [0.1, 0.15) is 11.1 Å². The zero-order valence-corrected chi connectivity index (χ0v) is 22.7. The Labute approximate surface area is 230 Å². The first kappa shape index (κ1) is 27.7. The van der Waals surface area contributed by atoms with E-state index in [9.17, 15) is 19.2 Å². The third-order valence-electron chi connectivity index (χ3n) is 6.49. The third-order valence-corrected chi connectivity index (χ3v) is 6.89. The van der Waals surface area contributed by atoms with Crippen LogP contribution in [-0.2, 0) is 29.1 Å². The number of ether oxygens (including phenoxy) is 1. The number of aromatic nitrogens is 2. The molecule has 4 aromatic rings. The van der Waals surface area contributed by atoms with Crippen LogP contribution in [0, 0.1) is 6.92 Å². The van der Waals surface area contributed by atoms with Crippen LogP contribution in [0.15, 0.2) is 76.3 Å². The van der Waals surface area contributed by atoms with Gasteiger partial charge in [0.1, 0.15) is 18.8 Å². The topological polar surface area (TPSA) is 103 Å². The number of halogens is 1. The summed E-state index contributed by atoms with van der Waals surface area (Å²) < 4.78 is 7.41. The number of benzene rings is 3. The van der Waals surface area contributed by atoms with Crippen LogP contribution in [-0.4, -0.2) is 46.6 Å². The molecule has 0 saturated heterocycles. The molecule has 0 saturated carbocycles. The van der Waals surface area contributed by atoms with Gasteiger partial charge in [0.05, 0.1) is 23.7 Å². The lowest BCUT2D eigenvalue weighted by atomic mass is 10.1. The highest BCUT2D eigenvalue weighted by molar-refractivity contribution is 6.31. The molecule has 0 aliphatic rings. The first-order chi connectivity index (χ1) is 18.7. The van der Waals surface area contributed by atoms with Crippen LogP contribution in [0.3, 0.4) is 0 Å². The van der Waals surface area contributed by atoms with Gasteiger partial charge in [-0.1, -0.05) is 54.1 Å². The maximum absolute atomic E-state index is 13.5. The molecular weight excluding hydrogens is 520 g/mol. The van der Waals surface area contributed by atoms with Gasteiger partial charge in [-0.05, 0) is 48.7 Å². The number of carbonyl (C=O) groups excluding carboxylic acids is 2. The van der Waals surface area contributed by atoms with Gasteiger partial charge in [-0.25, -0.2) is 4.79 Å². The second kappa shape index (κ2) is 12.0. The molecule has 0 aliphatic carbocycles. The van der Waals surface area contributed by atoms with E-state index in [1.54, 1.807) is 43.4 Å². The normalized spacial score (nSPS) is 10.9. The molecule has 4 rings (SSSR count). The number of rotatable bonds is 9. The van der Waals surface area contributed by atoms with Gasteiger partial charge >= 0.3 is 5.69 Å². The van der Waals surface area contributed by atoms with Crippen LogP contribution in [0.2, 0.25) is 5.02 Å². The number of aryl methyl sites for hydroxylation is 1. The number of hydrogen-bond acceptors (Lipinski definition) is 5. The number of hydrogen-bond donors (Lipinski definition) is 1. The van der Waals surface area contributed by atoms with Gasteiger partial charge in [-0.2, -0.15) is 0 Å². The SMILES string of the molecule is COc1cc(C)c(Cl)cc1NC(=O)Cn1c(=O)n(CC(=O)N(C)CCc2ccccc2)c(=O)c2ccccc21. The maximum atomic E-state index is 13.5. The standard InChI is InChI=1S/C29H29ClN4O5/c1-19-15-25(39-3)23(16-22(19)30)31-26(35)17-33-24-12-8-7-11-21(24)28(37)34(29(33)38)18-27(36)32(2)14-13-20-9-5-4-6-10-20/h4-12,15-16H,13-14,17-18H2,1-3H3,(H,31,35). The first-order valence-corrected chi connectivity index (χ1v) is 12.7. The average Bonchev–Trinajstić information content (AvgIpc) is 2.94. The molecule has 1 N–H and O–H groups in total. The molecule has 0 unspecified atom stereocenters. The van der Waals surface area contributed by atoms with Gasteiger partial charge in [0.2, 0.25) is 11.8 Å². The number of amides is 2. The molecule has 10 heteroatoms. The van der Waals surface area contributed by atoms with Crippen LogP contribution in [0.4, 0.5) is 5.69 Å². The number of para-hydroxylation sites is 1. The second-order valence-electron chi connectivity index (χ2n) is 9.18. The Bertz CT molecular complexity index is 1650. The van der Waals surface area contributed by atoms with E-state index in [1.165, 1.54) is 16.6 Å². The summed E-state index contributed by atoms with van der Waals surface area (Å²) in [5.74, 6) is -0.510. The van der Waals surface area contributed by atoms with E-state index in [-0.39, 0.29) is 10.9 Å². The molecule has 0 radical (unpaired) electrons. The molecule has 2 amide bonds. The van der Waals surface area contributed by atoms with Crippen molar-refractivity contribution in [1.29, 1.82) is 0 Å². The summed E-state index contributed by atoms with van der Waals surface area (Å²) in [5, 5.41) is 3.39. The number of carbonyl (C=O) groups is 2. The van der Waals surface area contributed by atoms with Crippen molar-refractivity contribution in [3.05, 3.63) is 104 Å². The first-order valence-electron chi connectivity index (χ1n) is 12.3. The average molecular weight is 549 g/mol. The van der Waals surface area contributed by atoms with Crippen molar-refractivity contribution in [1.82, 2.24) is 14.0 Å². The predicted molar refractivity (Wildman–Crippen MR) is 152 cm³/mol. The monoisotopic (exact) mass is 548 g/mol. The lowest BCUT2D eigenvalue weighted by Crippen LogP contribution is -2.45. The van der Waals surface area contributed by atoms with Crippen LogP contribution in [0.5, 0.6) is 5.75 Å². The number of anilines is 1. The molecule has 0 spiro atoms. The lowest BCUT2D eigenvalue weighted by Gasteiger charge is -2.19. The number of fused-ring (bicyclic) bond motifs is 1. The zero-order valence-electron chi connectivity index (χ0n) is 21.9. The van der Waals surface area contributed by atoms with Gasteiger partial charge in [0.15, 0.2) is 0 Å². The van der Waals surface area contributed by atoms with Gasteiger partial charge in [0.25, 0.3) is 5.56 Å². The molecule has 1 aromatic heterocycles. The molecule has 39 heavy (non-hydrogen) atoms. The Morgan fingerprint density at radius 3 is 2.38 bits per heavy atom. The van der Waals surface area contributed by atoms with E-state index in [4.69, 9.17) is 16.3 Å². The molecule has 9 nitrogen and oxygen atoms in total. The smallest absolute Gasteiger partial charge is 0.332 e. The molecule has 0 aliphatic heterocycles. The molecule has 0 bridgehead atoms. The minimum absolute atomic E-state index is 0.223. The van der Waals surface area contributed by atoms with Crippen LogP contribution >= 0.6 is 11.6 Å². The Morgan fingerprint density at radius 2 is 1.67 bits per heavy atom. The maximum Gasteiger partial charge on any atom is 0.332 e. The summed E-state index contributed by atoms with van der Waals surface area (Å²) >= 11 is 6.22. The third kappa shape index (κ3) is 6.21. The summed E-state index contributed by atoms with van der Waals surface area (Å²) in [6, 6.07) is 19.5. The fourth-order valence-corrected chi connectivity index (χ4v) is 4.40. The summed E-state index contributed by atoms with van der Waals surface area (Å²) in [5.41, 5.74) is 1.13. The molecule has 0 atom stereocenters. The van der Waals surface area contributed by atoms with Gasteiger partial charge in [-0.15, -0.1) is 0 Å². The quantitative estimate of drug-likeness (QED) is 0.345. The fraction of sp³-hybridized carbons (Fsp3) is 0.241. The lowest BCUT2D eigenvalue weighted by molar-refractivity contribution is -0.130. The second-order valence-corrected chi connectivity index (χ2v) is 9.59. The minimum Gasteiger partial charge on any atom is -0.495 e. The van der Waals surface area contributed by atoms with Crippen molar-refractivity contribution in [2.24, 2.45) is 0 Å². The van der Waals surface area contributed by atoms with Gasteiger partial charge in [0, 0.05) is 18.6 Å². The Balaban J connectivity index is 1.61. The highest BCUT2D eigenvalue weighted by Crippen LogP contribution is 2.30.